The molecule has 2 fully saturated rings. The molecule has 2 heterocycles. The molecule has 2 saturated heterocycles. The van der Waals surface area contributed by atoms with Crippen molar-refractivity contribution in [1.29, 1.82) is 0 Å². The number of rotatable bonds is 4. The second-order valence-electron chi connectivity index (χ2n) is 5.47. The van der Waals surface area contributed by atoms with Crippen molar-refractivity contribution in [3.05, 3.63) is 0 Å². The predicted molar refractivity (Wildman–Crippen MR) is 92.2 cm³/mol. The van der Waals surface area contributed by atoms with Gasteiger partial charge >= 0.3 is 0 Å². The van der Waals surface area contributed by atoms with E-state index < -0.39 is 61.4 Å². The van der Waals surface area contributed by atoms with Gasteiger partial charge in [0.1, 0.15) is 36.6 Å². The number of hydrogen-bond donors (Lipinski definition) is 6. The lowest BCUT2D eigenvalue weighted by molar-refractivity contribution is -0.369. The molecule has 2 aliphatic rings. The van der Waals surface area contributed by atoms with E-state index in [0.29, 0.717) is 8.86 Å². The number of aliphatic hydroxyl groups is 6. The highest BCUT2D eigenvalue weighted by atomic mass is 127. The quantitative estimate of drug-likeness (QED) is 0.162. The molecule has 0 saturated carbocycles. The van der Waals surface area contributed by atoms with Gasteiger partial charge in [-0.2, -0.15) is 0 Å². The fourth-order valence-corrected chi connectivity index (χ4v) is 3.90. The molecule has 2 aliphatic heterocycles. The molecule has 0 aromatic heterocycles. The number of aliphatic hydroxyl groups excluding tert-OH is 6. The third-order valence-electron chi connectivity index (χ3n) is 3.91. The number of hydrogen-bond acceptors (Lipinski definition) is 9. The Bertz CT molecular complexity index is 352. The molecule has 0 aromatic carbocycles. The van der Waals surface area contributed by atoms with Gasteiger partial charge in [0, 0.05) is 8.86 Å². The molecule has 23 heavy (non-hydrogen) atoms. The van der Waals surface area contributed by atoms with Crippen molar-refractivity contribution in [2.45, 2.75) is 61.4 Å². The molecule has 6 N–H and O–H groups in total. The van der Waals surface area contributed by atoms with Crippen LogP contribution >= 0.6 is 45.2 Å². The van der Waals surface area contributed by atoms with Gasteiger partial charge in [-0.25, -0.2) is 0 Å². The first-order chi connectivity index (χ1) is 10.8. The van der Waals surface area contributed by atoms with Crippen LogP contribution in [0.2, 0.25) is 0 Å². The summed E-state index contributed by atoms with van der Waals surface area (Å²) in [7, 11) is 0. The maximum absolute atomic E-state index is 9.97. The van der Waals surface area contributed by atoms with Gasteiger partial charge in [-0.1, -0.05) is 45.2 Å². The van der Waals surface area contributed by atoms with Crippen LogP contribution < -0.4 is 0 Å². The van der Waals surface area contributed by atoms with E-state index in [0.717, 1.165) is 0 Å². The molecule has 0 aromatic rings. The molecule has 11 heteroatoms. The van der Waals surface area contributed by atoms with Gasteiger partial charge in [0.05, 0.1) is 12.2 Å². The number of ether oxygens (including phenoxy) is 3. The Hall–Kier alpha value is 1.10. The van der Waals surface area contributed by atoms with Crippen LogP contribution in [0.15, 0.2) is 0 Å². The third-order valence-corrected chi connectivity index (χ3v) is 5.65. The molecular formula is C12H20I2O9. The van der Waals surface area contributed by atoms with Crippen LogP contribution in [-0.2, 0) is 14.2 Å². The van der Waals surface area contributed by atoms with Crippen molar-refractivity contribution in [1.82, 2.24) is 0 Å². The summed E-state index contributed by atoms with van der Waals surface area (Å²) in [6.45, 7) is 0. The van der Waals surface area contributed by atoms with Gasteiger partial charge in [-0.05, 0) is 0 Å². The van der Waals surface area contributed by atoms with Crippen LogP contribution in [0, 0.1) is 0 Å². The van der Waals surface area contributed by atoms with Crippen LogP contribution in [-0.4, -0.2) is 101 Å². The first-order valence-corrected chi connectivity index (χ1v) is 10.0. The molecule has 2 rings (SSSR count). The Morgan fingerprint density at radius 2 is 0.957 bits per heavy atom. The molecule has 0 spiro atoms. The van der Waals surface area contributed by atoms with Crippen molar-refractivity contribution < 1.29 is 44.8 Å². The molecule has 0 aliphatic carbocycles. The minimum absolute atomic E-state index is 0.342. The summed E-state index contributed by atoms with van der Waals surface area (Å²) < 4.78 is 16.8. The van der Waals surface area contributed by atoms with E-state index >= 15 is 0 Å². The highest BCUT2D eigenvalue weighted by molar-refractivity contribution is 14.1. The van der Waals surface area contributed by atoms with Crippen LogP contribution in [0.25, 0.3) is 0 Å². The lowest BCUT2D eigenvalue weighted by atomic mass is 9.99. The zero-order chi connectivity index (χ0) is 17.3. The Labute approximate surface area is 159 Å². The first kappa shape index (κ1) is 20.4. The van der Waals surface area contributed by atoms with Crippen LogP contribution in [0.1, 0.15) is 0 Å². The fourth-order valence-electron chi connectivity index (χ4n) is 2.45. The highest BCUT2D eigenvalue weighted by Crippen LogP contribution is 2.29. The van der Waals surface area contributed by atoms with Crippen molar-refractivity contribution >= 4 is 45.2 Å². The average molecular weight is 562 g/mol. The molecule has 0 amide bonds. The van der Waals surface area contributed by atoms with E-state index in [1.54, 1.807) is 0 Å². The second kappa shape index (κ2) is 8.66. The van der Waals surface area contributed by atoms with Gasteiger partial charge < -0.3 is 44.8 Å². The Morgan fingerprint density at radius 3 is 1.26 bits per heavy atom. The van der Waals surface area contributed by atoms with Crippen LogP contribution in [0.5, 0.6) is 0 Å². The molecule has 6 unspecified atom stereocenters. The average Bonchev–Trinajstić information content (AvgIpc) is 2.55. The van der Waals surface area contributed by atoms with Crippen molar-refractivity contribution in [3.63, 3.8) is 0 Å². The maximum atomic E-state index is 9.97. The lowest BCUT2D eigenvalue weighted by Crippen LogP contribution is -2.63. The van der Waals surface area contributed by atoms with E-state index in [2.05, 4.69) is 0 Å². The first-order valence-electron chi connectivity index (χ1n) is 6.98. The molecule has 0 bridgehead atoms. The monoisotopic (exact) mass is 562 g/mol. The number of alkyl halides is 2. The standard InChI is InChI=1S/C12H20I2O9/c13-1-3-5(15)7(17)9(19)11(21-3)23-12-10(20)8(18)6(16)4(2-14)22-12/h3-12,15-20H,1-2H2/t3?,4?,5-,6-,7+,8?,9?,10?,11-,12?/m1/s1. The van der Waals surface area contributed by atoms with Crippen molar-refractivity contribution in [2.75, 3.05) is 8.86 Å². The van der Waals surface area contributed by atoms with E-state index in [1.165, 1.54) is 0 Å². The third kappa shape index (κ3) is 4.27. The fraction of sp³-hybridized carbons (Fsp3) is 1.00. The predicted octanol–water partition coefficient (Wildman–Crippen LogP) is -2.51. The minimum atomic E-state index is -1.55. The van der Waals surface area contributed by atoms with E-state index in [9.17, 15) is 30.6 Å². The normalized spacial score (nSPS) is 51.7. The zero-order valence-corrected chi connectivity index (χ0v) is 16.2. The summed E-state index contributed by atoms with van der Waals surface area (Å²) in [6.07, 6.45) is -12.9. The molecule has 0 radical (unpaired) electrons. The number of halogens is 2. The second-order valence-corrected chi connectivity index (χ2v) is 7.24. The highest BCUT2D eigenvalue weighted by Gasteiger charge is 2.49. The van der Waals surface area contributed by atoms with E-state index in [1.807, 2.05) is 45.2 Å². The van der Waals surface area contributed by atoms with Crippen LogP contribution in [0.3, 0.4) is 0 Å². The Morgan fingerprint density at radius 1 is 0.609 bits per heavy atom. The van der Waals surface area contributed by atoms with E-state index in [4.69, 9.17) is 14.2 Å². The van der Waals surface area contributed by atoms with Crippen LogP contribution in [0.4, 0.5) is 0 Å². The topological polar surface area (TPSA) is 149 Å². The Kier molecular flexibility index (Phi) is 7.68. The summed E-state index contributed by atoms with van der Waals surface area (Å²) in [6, 6.07) is 0. The molecule has 10 atom stereocenters. The van der Waals surface area contributed by atoms with Gasteiger partial charge in [0.25, 0.3) is 0 Å². The summed E-state index contributed by atoms with van der Waals surface area (Å²) >= 11 is 3.90. The Balaban J connectivity index is 2.07. The maximum Gasteiger partial charge on any atom is 0.189 e. The summed E-state index contributed by atoms with van der Waals surface area (Å²) in [5, 5.41) is 59.2. The molecular weight excluding hydrogens is 542 g/mol. The molecule has 136 valence electrons. The lowest BCUT2D eigenvalue weighted by Gasteiger charge is -2.44. The summed E-state index contributed by atoms with van der Waals surface area (Å²) in [5.74, 6) is 0. The summed E-state index contributed by atoms with van der Waals surface area (Å²) in [4.78, 5) is 0. The van der Waals surface area contributed by atoms with Gasteiger partial charge in [-0.15, -0.1) is 0 Å². The molecule has 9 nitrogen and oxygen atoms in total. The SMILES string of the molecule is OC1C(O[C@H]2OC(CI)[C@@H](O)[C@H](O)C2O)OC(CI)[C@@H](O)C1O. The summed E-state index contributed by atoms with van der Waals surface area (Å²) in [5.41, 5.74) is 0. The van der Waals surface area contributed by atoms with Crippen molar-refractivity contribution in [3.8, 4) is 0 Å². The van der Waals surface area contributed by atoms with Gasteiger partial charge in [-0.3, -0.25) is 0 Å². The van der Waals surface area contributed by atoms with Gasteiger partial charge in [0.15, 0.2) is 12.6 Å². The minimum Gasteiger partial charge on any atom is -0.388 e. The largest absolute Gasteiger partial charge is 0.388 e. The smallest absolute Gasteiger partial charge is 0.189 e. The zero-order valence-electron chi connectivity index (χ0n) is 11.9. The van der Waals surface area contributed by atoms with E-state index in [-0.39, 0.29) is 0 Å². The van der Waals surface area contributed by atoms with Gasteiger partial charge in [0.2, 0.25) is 0 Å². The van der Waals surface area contributed by atoms with Crippen molar-refractivity contribution in [2.24, 2.45) is 0 Å².